The van der Waals surface area contributed by atoms with Gasteiger partial charge in [-0.25, -0.2) is 0 Å². The average Bonchev–Trinajstić information content (AvgIpc) is 3.01. The second-order valence-corrected chi connectivity index (χ2v) is 7.92. The van der Waals surface area contributed by atoms with Crippen LogP contribution in [-0.2, 0) is 6.42 Å². The van der Waals surface area contributed by atoms with Crippen LogP contribution in [0.25, 0.3) is 0 Å². The van der Waals surface area contributed by atoms with Crippen LogP contribution in [0.15, 0.2) is 18.2 Å². The molecule has 5 unspecified atom stereocenters. The Kier molecular flexibility index (Phi) is 6.72. The lowest BCUT2D eigenvalue weighted by atomic mass is 9.54. The molecule has 1 aromatic carbocycles. The van der Waals surface area contributed by atoms with Crippen molar-refractivity contribution in [3.8, 4) is 6.07 Å². The highest BCUT2D eigenvalue weighted by molar-refractivity contribution is 5.37. The molecule has 3 aliphatic rings. The van der Waals surface area contributed by atoms with E-state index in [9.17, 15) is 5.26 Å². The minimum Gasteiger partial charge on any atom is -0.198 e. The summed E-state index contributed by atoms with van der Waals surface area (Å²) in [7, 11) is 0. The number of aryl methyl sites for hydroxylation is 2. The molecule has 2 fully saturated rings. The summed E-state index contributed by atoms with van der Waals surface area (Å²) in [5.41, 5.74) is 4.95. The molecular formula is C24H37N. The third-order valence-corrected chi connectivity index (χ3v) is 7.04. The number of fused-ring (bicyclic) bond motifs is 5. The number of rotatable bonds is 0. The van der Waals surface area contributed by atoms with Crippen LogP contribution in [0.3, 0.4) is 0 Å². The minimum atomic E-state index is 0.304. The van der Waals surface area contributed by atoms with Crippen LogP contribution in [-0.4, -0.2) is 0 Å². The molecule has 0 radical (unpaired) electrons. The standard InChI is InChI=1S/C20H25N.2C2H6/c1-13-3-6-16-14(11-13)4-7-18-17(16)9-10-20(2)15(12-21)5-8-19(18)20;2*1-2/h3,6,11,15,17-19H,4-5,7-10H2,1-2H3;2*1-2H3. The summed E-state index contributed by atoms with van der Waals surface area (Å²) in [6.45, 7) is 12.6. The first kappa shape index (κ1) is 20.0. The summed E-state index contributed by atoms with van der Waals surface area (Å²) >= 11 is 0. The van der Waals surface area contributed by atoms with E-state index in [4.69, 9.17) is 0 Å². The number of hydrogen-bond donors (Lipinski definition) is 0. The Morgan fingerprint density at radius 1 is 1.04 bits per heavy atom. The first-order chi connectivity index (χ1) is 12.1. The largest absolute Gasteiger partial charge is 0.198 e. The summed E-state index contributed by atoms with van der Waals surface area (Å²) in [6, 6.07) is 9.73. The average molecular weight is 340 g/mol. The highest BCUT2D eigenvalue weighted by Crippen LogP contribution is 2.62. The molecular weight excluding hydrogens is 302 g/mol. The van der Waals surface area contributed by atoms with E-state index in [1.165, 1.54) is 37.7 Å². The molecule has 0 aromatic heterocycles. The van der Waals surface area contributed by atoms with E-state index in [0.717, 1.165) is 24.2 Å². The van der Waals surface area contributed by atoms with Gasteiger partial charge in [0.05, 0.1) is 12.0 Å². The van der Waals surface area contributed by atoms with Crippen LogP contribution >= 0.6 is 0 Å². The van der Waals surface area contributed by atoms with Gasteiger partial charge in [0.1, 0.15) is 0 Å². The number of nitrogens with zero attached hydrogens (tertiary/aromatic N) is 1. The summed E-state index contributed by atoms with van der Waals surface area (Å²) in [6.07, 6.45) is 7.58. The summed E-state index contributed by atoms with van der Waals surface area (Å²) in [4.78, 5) is 0. The lowest BCUT2D eigenvalue weighted by molar-refractivity contribution is 0.0427. The Bertz CT molecular complexity index is 611. The van der Waals surface area contributed by atoms with Crippen LogP contribution in [0.5, 0.6) is 0 Å². The van der Waals surface area contributed by atoms with E-state index in [1.54, 1.807) is 11.1 Å². The van der Waals surface area contributed by atoms with Crippen LogP contribution in [0.4, 0.5) is 0 Å². The molecule has 0 N–H and O–H groups in total. The molecule has 25 heavy (non-hydrogen) atoms. The van der Waals surface area contributed by atoms with E-state index in [0.29, 0.717) is 11.3 Å². The predicted octanol–water partition coefficient (Wildman–Crippen LogP) is 7.04. The topological polar surface area (TPSA) is 23.8 Å². The molecule has 4 rings (SSSR count). The van der Waals surface area contributed by atoms with Crippen molar-refractivity contribution in [1.29, 1.82) is 5.26 Å². The second-order valence-electron chi connectivity index (χ2n) is 7.92. The Morgan fingerprint density at radius 2 is 1.76 bits per heavy atom. The zero-order valence-electron chi connectivity index (χ0n) is 17.2. The van der Waals surface area contributed by atoms with Gasteiger partial charge in [0.15, 0.2) is 0 Å². The van der Waals surface area contributed by atoms with Gasteiger partial charge < -0.3 is 0 Å². The van der Waals surface area contributed by atoms with Crippen molar-refractivity contribution in [2.75, 3.05) is 0 Å². The molecule has 1 aromatic rings. The molecule has 3 aliphatic carbocycles. The van der Waals surface area contributed by atoms with Crippen LogP contribution in [0.1, 0.15) is 89.3 Å². The van der Waals surface area contributed by atoms with Crippen molar-refractivity contribution >= 4 is 0 Å². The van der Waals surface area contributed by atoms with Gasteiger partial charge in [0, 0.05) is 0 Å². The van der Waals surface area contributed by atoms with Crippen molar-refractivity contribution in [2.45, 2.75) is 86.0 Å². The van der Waals surface area contributed by atoms with Crippen molar-refractivity contribution in [2.24, 2.45) is 23.2 Å². The maximum Gasteiger partial charge on any atom is 0.0661 e. The van der Waals surface area contributed by atoms with Gasteiger partial charge in [-0.1, -0.05) is 58.4 Å². The Labute approximate surface area is 155 Å². The molecule has 1 nitrogen and oxygen atoms in total. The summed E-state index contributed by atoms with van der Waals surface area (Å²) in [5.74, 6) is 2.69. The molecule has 1 heteroatoms. The number of nitriles is 1. The van der Waals surface area contributed by atoms with Crippen LogP contribution < -0.4 is 0 Å². The van der Waals surface area contributed by atoms with Crippen molar-refractivity contribution in [1.82, 2.24) is 0 Å². The fraction of sp³-hybridized carbons (Fsp3) is 0.708. The SMILES string of the molecule is CC.CC.Cc1ccc2c(c1)CCC1C2CCC2(C)C(C#N)CCC12. The van der Waals surface area contributed by atoms with E-state index >= 15 is 0 Å². The third-order valence-electron chi connectivity index (χ3n) is 7.04. The molecule has 138 valence electrons. The van der Waals surface area contributed by atoms with Gasteiger partial charge in [-0.3, -0.25) is 0 Å². The molecule has 0 heterocycles. The first-order valence-electron chi connectivity index (χ1n) is 10.6. The van der Waals surface area contributed by atoms with E-state index in [2.05, 4.69) is 38.1 Å². The highest BCUT2D eigenvalue weighted by atomic mass is 14.6. The zero-order chi connectivity index (χ0) is 18.6. The second kappa shape index (κ2) is 8.39. The highest BCUT2D eigenvalue weighted by Gasteiger charge is 2.54. The molecule has 0 aliphatic heterocycles. The van der Waals surface area contributed by atoms with Gasteiger partial charge in [0.2, 0.25) is 0 Å². The molecule has 0 saturated heterocycles. The summed E-state index contributed by atoms with van der Waals surface area (Å²) < 4.78 is 0. The third kappa shape index (κ3) is 3.38. The van der Waals surface area contributed by atoms with Crippen LogP contribution in [0.2, 0.25) is 0 Å². The lowest BCUT2D eigenvalue weighted by Gasteiger charge is -2.50. The first-order valence-corrected chi connectivity index (χ1v) is 10.6. The van der Waals surface area contributed by atoms with Crippen molar-refractivity contribution in [3.63, 3.8) is 0 Å². The maximum absolute atomic E-state index is 9.50. The molecule has 2 saturated carbocycles. The van der Waals surface area contributed by atoms with Gasteiger partial charge in [-0.15, -0.1) is 0 Å². The van der Waals surface area contributed by atoms with Crippen molar-refractivity contribution < 1.29 is 0 Å². The Balaban J connectivity index is 0.000000528. The van der Waals surface area contributed by atoms with Gasteiger partial charge >= 0.3 is 0 Å². The fourth-order valence-corrected chi connectivity index (χ4v) is 5.92. The molecule has 0 bridgehead atoms. The Hall–Kier alpha value is -1.29. The van der Waals surface area contributed by atoms with Gasteiger partial charge in [0.25, 0.3) is 0 Å². The zero-order valence-corrected chi connectivity index (χ0v) is 17.2. The fourth-order valence-electron chi connectivity index (χ4n) is 5.92. The number of hydrogen-bond acceptors (Lipinski definition) is 1. The quantitative estimate of drug-likeness (QED) is 0.497. The minimum absolute atomic E-state index is 0.304. The van der Waals surface area contributed by atoms with E-state index < -0.39 is 0 Å². The van der Waals surface area contributed by atoms with Crippen molar-refractivity contribution in [3.05, 3.63) is 34.9 Å². The predicted molar refractivity (Wildman–Crippen MR) is 108 cm³/mol. The molecule has 0 spiro atoms. The summed E-state index contributed by atoms with van der Waals surface area (Å²) in [5, 5.41) is 9.50. The maximum atomic E-state index is 9.50. The lowest BCUT2D eigenvalue weighted by Crippen LogP contribution is -2.42. The normalized spacial score (nSPS) is 34.8. The van der Waals surface area contributed by atoms with Gasteiger partial charge in [-0.2, -0.15) is 5.26 Å². The Morgan fingerprint density at radius 3 is 2.44 bits per heavy atom. The number of benzene rings is 1. The molecule has 5 atom stereocenters. The van der Waals surface area contributed by atoms with E-state index in [1.807, 2.05) is 27.7 Å². The smallest absolute Gasteiger partial charge is 0.0661 e. The molecule has 0 amide bonds. The van der Waals surface area contributed by atoms with Crippen LogP contribution in [0, 0.1) is 41.4 Å². The van der Waals surface area contributed by atoms with E-state index in [-0.39, 0.29) is 0 Å². The monoisotopic (exact) mass is 339 g/mol. The van der Waals surface area contributed by atoms with Gasteiger partial charge in [-0.05, 0) is 79.7 Å².